The first kappa shape index (κ1) is 22.0. The van der Waals surface area contributed by atoms with E-state index in [1.165, 1.54) is 30.2 Å². The summed E-state index contributed by atoms with van der Waals surface area (Å²) in [6.45, 7) is 2.12. The summed E-state index contributed by atoms with van der Waals surface area (Å²) in [4.78, 5) is 31.2. The molecule has 3 heterocycles. The van der Waals surface area contributed by atoms with E-state index in [0.29, 0.717) is 6.61 Å². The smallest absolute Gasteiger partial charge is 0.308 e. The van der Waals surface area contributed by atoms with Gasteiger partial charge in [-0.25, -0.2) is 0 Å². The minimum absolute atomic E-state index is 0.153. The van der Waals surface area contributed by atoms with Crippen LogP contribution in [0.2, 0.25) is 0 Å². The molecule has 1 aliphatic carbocycles. The van der Waals surface area contributed by atoms with Crippen LogP contribution in [-0.4, -0.2) is 32.3 Å². The zero-order valence-corrected chi connectivity index (χ0v) is 18.5. The lowest BCUT2D eigenvalue weighted by molar-refractivity contribution is -0.143. The van der Waals surface area contributed by atoms with Crippen molar-refractivity contribution in [2.75, 3.05) is 6.61 Å². The number of carbonyl (C=O) groups excluding carboxylic acids is 1. The zero-order chi connectivity index (χ0) is 22.3. The summed E-state index contributed by atoms with van der Waals surface area (Å²) >= 11 is 0. The summed E-state index contributed by atoms with van der Waals surface area (Å²) in [6, 6.07) is 9.26. The normalized spacial score (nSPS) is 14.0. The van der Waals surface area contributed by atoms with Crippen LogP contribution in [0.4, 0.5) is 0 Å². The van der Waals surface area contributed by atoms with Gasteiger partial charge in [-0.15, -0.1) is 0 Å². The molecule has 0 fully saturated rings. The number of aromatic nitrogens is 4. The number of ether oxygens (including phenoxy) is 1. The van der Waals surface area contributed by atoms with Crippen LogP contribution >= 0.6 is 0 Å². The third-order valence-corrected chi connectivity index (χ3v) is 5.94. The van der Waals surface area contributed by atoms with Crippen molar-refractivity contribution in [2.45, 2.75) is 64.3 Å². The Balaban J connectivity index is 1.41. The van der Waals surface area contributed by atoms with E-state index in [2.05, 4.69) is 17.1 Å². The van der Waals surface area contributed by atoms with E-state index >= 15 is 0 Å². The highest BCUT2D eigenvalue weighted by Crippen LogP contribution is 2.22. The van der Waals surface area contributed by atoms with E-state index in [4.69, 9.17) is 14.8 Å². The maximum Gasteiger partial charge on any atom is 0.308 e. The number of pyridine rings is 2. The molecule has 0 spiro atoms. The minimum Gasteiger partial charge on any atom is -0.466 e. The van der Waals surface area contributed by atoms with Gasteiger partial charge in [0.1, 0.15) is 0 Å². The number of carbonyl (C=O) groups is 1. The van der Waals surface area contributed by atoms with E-state index in [1.807, 2.05) is 12.3 Å². The Kier molecular flexibility index (Phi) is 7.14. The van der Waals surface area contributed by atoms with Crippen LogP contribution in [0.1, 0.15) is 66.9 Å². The minimum atomic E-state index is -0.332. The highest BCUT2D eigenvalue weighted by Gasteiger charge is 2.20. The lowest BCUT2D eigenvalue weighted by atomic mass is 9.95. The van der Waals surface area contributed by atoms with Gasteiger partial charge in [-0.3, -0.25) is 19.3 Å². The lowest BCUT2D eigenvalue weighted by Gasteiger charge is -2.17. The number of nitrogens with one attached hydrogen (secondary N) is 1. The van der Waals surface area contributed by atoms with Gasteiger partial charge in [0.15, 0.2) is 0 Å². The van der Waals surface area contributed by atoms with E-state index in [9.17, 15) is 9.59 Å². The molecule has 1 aliphatic rings. The molecule has 3 aromatic heterocycles. The molecule has 3 aromatic rings. The fourth-order valence-corrected chi connectivity index (χ4v) is 4.27. The quantitative estimate of drug-likeness (QED) is 0.520. The van der Waals surface area contributed by atoms with Crippen molar-refractivity contribution in [1.29, 1.82) is 0 Å². The van der Waals surface area contributed by atoms with Crippen LogP contribution in [0, 0.1) is 0 Å². The van der Waals surface area contributed by atoms with E-state index in [0.717, 1.165) is 49.1 Å². The number of hydrogen-bond acceptors (Lipinski definition) is 5. The number of aryl methyl sites for hydroxylation is 4. The molecule has 7 nitrogen and oxygen atoms in total. The van der Waals surface area contributed by atoms with Gasteiger partial charge in [0.2, 0.25) is 5.56 Å². The molecule has 168 valence electrons. The Hall–Kier alpha value is -3.22. The molecule has 0 aliphatic heterocycles. The number of nitrogens with zero attached hydrogens (tertiary/aromatic N) is 3. The van der Waals surface area contributed by atoms with Gasteiger partial charge in [-0.05, 0) is 81.2 Å². The number of rotatable bonds is 9. The zero-order valence-electron chi connectivity index (χ0n) is 18.5. The second-order valence-electron chi connectivity index (χ2n) is 8.27. The Labute approximate surface area is 187 Å². The van der Waals surface area contributed by atoms with Gasteiger partial charge in [0.05, 0.1) is 24.8 Å². The Morgan fingerprint density at radius 1 is 1.12 bits per heavy atom. The fraction of sp³-hybridized carbons (Fsp3) is 0.440. The van der Waals surface area contributed by atoms with Crippen molar-refractivity contribution in [3.63, 3.8) is 0 Å². The van der Waals surface area contributed by atoms with Crippen LogP contribution in [0.15, 0.2) is 47.5 Å². The molecule has 0 radical (unpaired) electrons. The average molecular weight is 435 g/mol. The van der Waals surface area contributed by atoms with Gasteiger partial charge >= 0.3 is 5.97 Å². The Bertz CT molecular complexity index is 1100. The van der Waals surface area contributed by atoms with Gasteiger partial charge in [0, 0.05) is 29.8 Å². The van der Waals surface area contributed by atoms with E-state index in [-0.39, 0.29) is 24.0 Å². The van der Waals surface area contributed by atoms with Crippen molar-refractivity contribution in [3.8, 4) is 0 Å². The molecule has 0 bridgehead atoms. The molecule has 1 N–H and O–H groups in total. The standard InChI is InChI=1S/C25H30N4O3/c1-2-32-25(31)16-23(19-11-13-24(30)26-17-19)29-15-14-21(28-29)8-5-7-20-12-10-18-6-3-4-9-22(18)27-20/h10-15,17,23H,2-9,16H2,1H3,(H,26,30)/t23-/m0/s1. The largest absolute Gasteiger partial charge is 0.466 e. The monoisotopic (exact) mass is 434 g/mol. The first-order valence-corrected chi connectivity index (χ1v) is 11.5. The van der Waals surface area contributed by atoms with Crippen molar-refractivity contribution in [1.82, 2.24) is 19.7 Å². The first-order valence-electron chi connectivity index (χ1n) is 11.5. The summed E-state index contributed by atoms with van der Waals surface area (Å²) in [5.41, 5.74) is 5.44. The maximum absolute atomic E-state index is 12.2. The summed E-state index contributed by atoms with van der Waals surface area (Å²) < 4.78 is 6.93. The number of hydrogen-bond donors (Lipinski definition) is 1. The predicted molar refractivity (Wildman–Crippen MR) is 122 cm³/mol. The molecule has 0 unspecified atom stereocenters. The molecule has 7 heteroatoms. The summed E-state index contributed by atoms with van der Waals surface area (Å²) in [5.74, 6) is -0.292. The lowest BCUT2D eigenvalue weighted by Crippen LogP contribution is -2.19. The average Bonchev–Trinajstić information content (AvgIpc) is 3.27. The van der Waals surface area contributed by atoms with E-state index in [1.54, 1.807) is 23.9 Å². The highest BCUT2D eigenvalue weighted by molar-refractivity contribution is 5.70. The van der Waals surface area contributed by atoms with Crippen molar-refractivity contribution >= 4 is 5.97 Å². The maximum atomic E-state index is 12.2. The second kappa shape index (κ2) is 10.4. The third-order valence-electron chi connectivity index (χ3n) is 5.94. The summed E-state index contributed by atoms with van der Waals surface area (Å²) in [5, 5.41) is 4.72. The van der Waals surface area contributed by atoms with Gasteiger partial charge in [-0.1, -0.05) is 6.07 Å². The SMILES string of the molecule is CCOC(=O)C[C@@H](c1ccc(=O)[nH]c1)n1ccc(CCCc2ccc3c(n2)CCCC3)n1. The molecule has 0 amide bonds. The number of fused-ring (bicyclic) bond motifs is 1. The number of esters is 1. The molecular formula is C25H30N4O3. The number of aromatic amines is 1. The van der Waals surface area contributed by atoms with Crippen LogP contribution in [0.5, 0.6) is 0 Å². The highest BCUT2D eigenvalue weighted by atomic mass is 16.5. The molecule has 32 heavy (non-hydrogen) atoms. The van der Waals surface area contributed by atoms with Crippen molar-refractivity contribution in [3.05, 3.63) is 81.3 Å². The fourth-order valence-electron chi connectivity index (χ4n) is 4.27. The van der Waals surface area contributed by atoms with Crippen LogP contribution in [0.3, 0.4) is 0 Å². The molecule has 0 saturated carbocycles. The molecular weight excluding hydrogens is 404 g/mol. The molecule has 0 aromatic carbocycles. The molecule has 4 rings (SSSR count). The van der Waals surface area contributed by atoms with E-state index < -0.39 is 0 Å². The summed E-state index contributed by atoms with van der Waals surface area (Å²) in [7, 11) is 0. The predicted octanol–water partition coefficient (Wildman–Crippen LogP) is 3.56. The Morgan fingerprint density at radius 2 is 1.97 bits per heavy atom. The molecule has 0 saturated heterocycles. The van der Waals surface area contributed by atoms with Crippen molar-refractivity contribution in [2.24, 2.45) is 0 Å². The van der Waals surface area contributed by atoms with Gasteiger partial charge in [0.25, 0.3) is 0 Å². The van der Waals surface area contributed by atoms with Crippen LogP contribution < -0.4 is 5.56 Å². The number of H-pyrrole nitrogens is 1. The third kappa shape index (κ3) is 5.52. The Morgan fingerprint density at radius 3 is 2.78 bits per heavy atom. The van der Waals surface area contributed by atoms with Crippen molar-refractivity contribution < 1.29 is 9.53 Å². The summed E-state index contributed by atoms with van der Waals surface area (Å²) in [6.07, 6.45) is 11.2. The van der Waals surface area contributed by atoms with Gasteiger partial charge in [-0.2, -0.15) is 5.10 Å². The van der Waals surface area contributed by atoms with Crippen LogP contribution in [0.25, 0.3) is 0 Å². The van der Waals surface area contributed by atoms with Gasteiger partial charge < -0.3 is 9.72 Å². The second-order valence-corrected chi connectivity index (χ2v) is 8.27. The van der Waals surface area contributed by atoms with Crippen LogP contribution in [-0.2, 0) is 35.2 Å². The topological polar surface area (TPSA) is 89.9 Å². The molecule has 1 atom stereocenters. The first-order chi connectivity index (χ1) is 15.6.